The number of esters is 1. The van der Waals surface area contributed by atoms with E-state index in [9.17, 15) is 9.90 Å². The largest absolute Gasteiger partial charge is 0.506 e. The molecule has 0 aliphatic heterocycles. The lowest BCUT2D eigenvalue weighted by atomic mass is 10.1. The van der Waals surface area contributed by atoms with E-state index in [-0.39, 0.29) is 23.8 Å². The van der Waals surface area contributed by atoms with E-state index in [0.717, 1.165) is 0 Å². The second kappa shape index (κ2) is 10.3. The Morgan fingerprint density at radius 1 is 1.25 bits per heavy atom. The van der Waals surface area contributed by atoms with Gasteiger partial charge >= 0.3 is 5.97 Å². The summed E-state index contributed by atoms with van der Waals surface area (Å²) < 4.78 is 15.0. The highest BCUT2D eigenvalue weighted by Crippen LogP contribution is 2.20. The molecule has 0 unspecified atom stereocenters. The highest BCUT2D eigenvalue weighted by atomic mass is 16.5. The van der Waals surface area contributed by atoms with Crippen LogP contribution in [0.5, 0.6) is 5.75 Å². The summed E-state index contributed by atoms with van der Waals surface area (Å²) in [5.74, 6) is -0.453. The summed E-state index contributed by atoms with van der Waals surface area (Å²) in [6, 6.07) is 6.57. The maximum atomic E-state index is 12.2. The fourth-order valence-corrected chi connectivity index (χ4v) is 1.91. The van der Waals surface area contributed by atoms with Gasteiger partial charge in [-0.1, -0.05) is 0 Å². The van der Waals surface area contributed by atoms with Gasteiger partial charge in [0.1, 0.15) is 22.9 Å². The molecule has 1 rings (SSSR count). The van der Waals surface area contributed by atoms with Crippen LogP contribution in [0.15, 0.2) is 34.8 Å². The summed E-state index contributed by atoms with van der Waals surface area (Å²) in [5.41, 5.74) is 6.15. The molecule has 0 aliphatic carbocycles. The third kappa shape index (κ3) is 5.58. The third-order valence-electron chi connectivity index (χ3n) is 3.12. The van der Waals surface area contributed by atoms with Crippen molar-refractivity contribution in [2.24, 2.45) is 10.7 Å². The van der Waals surface area contributed by atoms with E-state index in [1.165, 1.54) is 0 Å². The minimum Gasteiger partial charge on any atom is -0.506 e. The van der Waals surface area contributed by atoms with Crippen molar-refractivity contribution in [3.8, 4) is 5.75 Å². The van der Waals surface area contributed by atoms with Crippen LogP contribution in [-0.2, 0) is 14.3 Å². The van der Waals surface area contributed by atoms with E-state index in [2.05, 4.69) is 4.99 Å². The molecule has 0 spiro atoms. The van der Waals surface area contributed by atoms with Gasteiger partial charge in [-0.2, -0.15) is 0 Å². The van der Waals surface area contributed by atoms with Crippen LogP contribution in [0.3, 0.4) is 0 Å². The molecule has 0 radical (unpaired) electrons. The highest BCUT2D eigenvalue weighted by molar-refractivity contribution is 6.22. The van der Waals surface area contributed by atoms with Crippen molar-refractivity contribution >= 4 is 17.6 Å². The lowest BCUT2D eigenvalue weighted by molar-refractivity contribution is -0.137. The van der Waals surface area contributed by atoms with Gasteiger partial charge in [0.2, 0.25) is 0 Å². The molecule has 3 N–H and O–H groups in total. The predicted molar refractivity (Wildman–Crippen MR) is 92.2 cm³/mol. The second-order valence-electron chi connectivity index (χ2n) is 4.79. The zero-order chi connectivity index (χ0) is 17.9. The first-order valence-corrected chi connectivity index (χ1v) is 7.59. The Morgan fingerprint density at radius 2 is 1.92 bits per heavy atom. The number of hydrogen-bond acceptors (Lipinski definition) is 6. The number of nitrogens with two attached hydrogens (primary N) is 1. The van der Waals surface area contributed by atoms with Gasteiger partial charge in [0.05, 0.1) is 13.7 Å². The summed E-state index contributed by atoms with van der Waals surface area (Å²) in [6.45, 7) is 2.74. The van der Waals surface area contributed by atoms with E-state index >= 15 is 0 Å². The number of nitrogens with zero attached hydrogens (tertiary/aromatic N) is 1. The summed E-state index contributed by atoms with van der Waals surface area (Å²) in [6.07, 6.45) is 0.649. The third-order valence-corrected chi connectivity index (χ3v) is 3.12. The number of ether oxygens (including phenoxy) is 3. The molecule has 0 amide bonds. The van der Waals surface area contributed by atoms with E-state index in [4.69, 9.17) is 19.9 Å². The zero-order valence-electron chi connectivity index (χ0n) is 14.2. The van der Waals surface area contributed by atoms with E-state index in [0.29, 0.717) is 30.9 Å². The molecule has 0 saturated carbocycles. The predicted octanol–water partition coefficient (Wildman–Crippen LogP) is 1.92. The van der Waals surface area contributed by atoms with Crippen molar-refractivity contribution in [1.82, 2.24) is 0 Å². The number of amidine groups is 1. The Labute approximate surface area is 141 Å². The Hall–Kier alpha value is -2.54. The van der Waals surface area contributed by atoms with E-state index in [1.54, 1.807) is 45.4 Å². The van der Waals surface area contributed by atoms with E-state index < -0.39 is 5.97 Å². The van der Waals surface area contributed by atoms with Crippen LogP contribution in [0.25, 0.3) is 5.76 Å². The number of aliphatic hydroxyl groups excluding tert-OH is 1. The first-order chi connectivity index (χ1) is 11.5. The lowest BCUT2D eigenvalue weighted by Crippen LogP contribution is -2.25. The van der Waals surface area contributed by atoms with Crippen molar-refractivity contribution in [2.75, 3.05) is 34.0 Å². The molecule has 0 aromatic heterocycles. The smallest absolute Gasteiger partial charge is 0.345 e. The number of aliphatic imine (C=N–C) groups is 1. The Balaban J connectivity index is 3.16. The average Bonchev–Trinajstić information content (AvgIpc) is 2.59. The highest BCUT2D eigenvalue weighted by Gasteiger charge is 2.22. The van der Waals surface area contributed by atoms with Crippen molar-refractivity contribution in [1.29, 1.82) is 0 Å². The summed E-state index contributed by atoms with van der Waals surface area (Å²) in [4.78, 5) is 16.3. The molecule has 0 bridgehead atoms. The lowest BCUT2D eigenvalue weighted by Gasteiger charge is -2.11. The number of aliphatic hydroxyl groups is 1. The van der Waals surface area contributed by atoms with Gasteiger partial charge in [0, 0.05) is 25.8 Å². The molecule has 0 saturated heterocycles. The van der Waals surface area contributed by atoms with Crippen LogP contribution < -0.4 is 10.5 Å². The Morgan fingerprint density at radius 3 is 2.46 bits per heavy atom. The number of hydrogen-bond donors (Lipinski definition) is 2. The van der Waals surface area contributed by atoms with Crippen LogP contribution in [0.1, 0.15) is 18.9 Å². The van der Waals surface area contributed by atoms with Gasteiger partial charge in [-0.15, -0.1) is 0 Å². The Bertz CT molecular complexity index is 594. The topological polar surface area (TPSA) is 103 Å². The minimum absolute atomic E-state index is 0.0714. The molecule has 1 aromatic rings. The number of benzene rings is 1. The van der Waals surface area contributed by atoms with Crippen LogP contribution in [-0.4, -0.2) is 50.9 Å². The summed E-state index contributed by atoms with van der Waals surface area (Å²) in [5, 5.41) is 10.5. The quantitative estimate of drug-likeness (QED) is 0.178. The van der Waals surface area contributed by atoms with Gasteiger partial charge in [0.25, 0.3) is 0 Å². The molecule has 0 heterocycles. The second-order valence-corrected chi connectivity index (χ2v) is 4.79. The van der Waals surface area contributed by atoms with Crippen LogP contribution in [0.2, 0.25) is 0 Å². The van der Waals surface area contributed by atoms with Gasteiger partial charge in [-0.25, -0.2) is 4.79 Å². The minimum atomic E-state index is -0.723. The molecule has 7 nitrogen and oxygen atoms in total. The monoisotopic (exact) mass is 336 g/mol. The maximum Gasteiger partial charge on any atom is 0.345 e. The molecule has 7 heteroatoms. The molecule has 0 atom stereocenters. The fourth-order valence-electron chi connectivity index (χ4n) is 1.91. The van der Waals surface area contributed by atoms with Crippen molar-refractivity contribution in [3.63, 3.8) is 0 Å². The van der Waals surface area contributed by atoms with Crippen molar-refractivity contribution in [2.45, 2.75) is 13.3 Å². The molecule has 1 aromatic carbocycles. The Kier molecular flexibility index (Phi) is 8.35. The van der Waals surface area contributed by atoms with Gasteiger partial charge < -0.3 is 25.1 Å². The molecular weight excluding hydrogens is 312 g/mol. The standard InChI is InChI=1S/C17H24N2O5/c1-4-24-17(21)14(16(18)19-10-5-11-22-2)15(20)12-6-8-13(23-3)9-7-12/h6-9,20H,4-5,10-11H2,1-3H3,(H2,18,19)/b15-14+. The summed E-state index contributed by atoms with van der Waals surface area (Å²) in [7, 11) is 3.13. The van der Waals surface area contributed by atoms with Crippen LogP contribution in [0.4, 0.5) is 0 Å². The molecular formula is C17H24N2O5. The van der Waals surface area contributed by atoms with Crippen LogP contribution in [0, 0.1) is 0 Å². The number of carbonyl (C=O) groups is 1. The molecule has 0 fully saturated rings. The molecule has 24 heavy (non-hydrogen) atoms. The average molecular weight is 336 g/mol. The van der Waals surface area contributed by atoms with Crippen molar-refractivity contribution < 1.29 is 24.1 Å². The van der Waals surface area contributed by atoms with Gasteiger partial charge in [0.15, 0.2) is 0 Å². The zero-order valence-corrected chi connectivity index (χ0v) is 14.2. The number of methoxy groups -OCH3 is 2. The molecule has 0 aliphatic rings. The van der Waals surface area contributed by atoms with Gasteiger partial charge in [-0.3, -0.25) is 4.99 Å². The summed E-state index contributed by atoms with van der Waals surface area (Å²) >= 11 is 0. The maximum absolute atomic E-state index is 12.2. The van der Waals surface area contributed by atoms with Crippen molar-refractivity contribution in [3.05, 3.63) is 35.4 Å². The number of rotatable bonds is 9. The first-order valence-electron chi connectivity index (χ1n) is 7.59. The first kappa shape index (κ1) is 19.5. The number of carbonyl (C=O) groups excluding carboxylic acids is 1. The van der Waals surface area contributed by atoms with Crippen LogP contribution >= 0.6 is 0 Å². The molecule has 132 valence electrons. The normalized spacial score (nSPS) is 12.5. The van der Waals surface area contributed by atoms with Gasteiger partial charge in [-0.05, 0) is 37.6 Å². The SMILES string of the molecule is CCOC(=O)/C(C(N)=NCCCOC)=C(/O)c1ccc(OC)cc1. The fraction of sp³-hybridized carbons (Fsp3) is 0.412. The van der Waals surface area contributed by atoms with E-state index in [1.807, 2.05) is 0 Å².